The molecule has 134 valence electrons. The Morgan fingerprint density at radius 3 is 2.77 bits per heavy atom. The molecule has 0 bridgehead atoms. The number of fused-ring (bicyclic) bond motifs is 1. The van der Waals surface area contributed by atoms with Gasteiger partial charge in [0.15, 0.2) is 0 Å². The second kappa shape index (κ2) is 8.15. The zero-order valence-electron chi connectivity index (χ0n) is 12.8. The topological polar surface area (TPSA) is 158 Å². The first-order valence-corrected chi connectivity index (χ1v) is 9.86. The van der Waals surface area contributed by atoms with Gasteiger partial charge in [-0.3, -0.25) is 0 Å². The minimum atomic E-state index is -1.18. The average molecular weight is 454 g/mol. The molecule has 1 aromatic heterocycles. The van der Waals surface area contributed by atoms with Crippen molar-refractivity contribution in [3.8, 4) is 0 Å². The number of rotatable bonds is 4. The van der Waals surface area contributed by atoms with Gasteiger partial charge in [0, 0.05) is 0 Å². The van der Waals surface area contributed by atoms with Crippen molar-refractivity contribution < 1.29 is 24.7 Å². The maximum absolute atomic E-state index is 12.3. The van der Waals surface area contributed by atoms with Crippen LogP contribution in [-0.2, 0) is 14.4 Å². The van der Waals surface area contributed by atoms with Crippen molar-refractivity contribution in [1.29, 1.82) is 0 Å². The molecule has 0 unspecified atom stereocenters. The van der Waals surface area contributed by atoms with E-state index in [0.717, 1.165) is 0 Å². The average Bonchev–Trinajstić information content (AvgIpc) is 2.98. The van der Waals surface area contributed by atoms with E-state index in [-0.39, 0.29) is 61.2 Å². The summed E-state index contributed by atoms with van der Waals surface area (Å²) in [5.41, 5.74) is 5.92. The molecule has 0 saturated carbocycles. The van der Waals surface area contributed by atoms with Gasteiger partial charge >= 0.3 is 181 Å². The number of hydrogen-bond donors (Lipinski definition) is 4. The number of β-lactam (4-membered cyclic amide) rings is 1. The fourth-order valence-corrected chi connectivity index (χ4v) is 5.04. The molecule has 1 fully saturated rings. The van der Waals surface area contributed by atoms with E-state index in [4.69, 9.17) is 10.9 Å². The number of aromatic nitrogens is 1. The number of carboxylic acids is 1. The molecule has 0 aromatic carbocycles. The number of anilines is 1. The van der Waals surface area contributed by atoms with Gasteiger partial charge in [0.25, 0.3) is 0 Å². The van der Waals surface area contributed by atoms with Gasteiger partial charge in [-0.2, -0.15) is 0 Å². The van der Waals surface area contributed by atoms with Gasteiger partial charge in [0.1, 0.15) is 0 Å². The normalized spacial score (nSPS) is 22.3. The fourth-order valence-electron chi connectivity index (χ4n) is 2.59. The van der Waals surface area contributed by atoms with Crippen LogP contribution in [0.25, 0.3) is 0 Å². The third kappa shape index (κ3) is 3.57. The predicted octanol–water partition coefficient (Wildman–Crippen LogP) is -1.99. The quantitative estimate of drug-likeness (QED) is 0.134. The molecule has 13 heteroatoms. The molecule has 0 aliphatic carbocycles. The summed E-state index contributed by atoms with van der Waals surface area (Å²) in [6, 6.07) is -0.898. The SMILES string of the molecule is CC1=C(C(=O)O)N2C(=O)[C@@H](NC(=O)/C(=N\O)c3c[se]c(N)n3)[C@H]2SC1.[NaH]. The summed E-state index contributed by atoms with van der Waals surface area (Å²) in [5.74, 6) is -2.03. The van der Waals surface area contributed by atoms with Crippen LogP contribution in [0.2, 0.25) is 0 Å². The molecule has 5 N–H and O–H groups in total. The van der Waals surface area contributed by atoms with Crippen LogP contribution in [0, 0.1) is 0 Å². The van der Waals surface area contributed by atoms with Crippen molar-refractivity contribution in [3.05, 3.63) is 21.9 Å². The van der Waals surface area contributed by atoms with E-state index in [1.54, 1.807) is 11.9 Å². The van der Waals surface area contributed by atoms with E-state index in [1.807, 2.05) is 0 Å². The molecule has 2 amide bonds. The van der Waals surface area contributed by atoms with E-state index in [1.165, 1.54) is 16.7 Å². The number of amides is 2. The van der Waals surface area contributed by atoms with E-state index < -0.39 is 29.2 Å². The Kier molecular flexibility index (Phi) is 6.59. The van der Waals surface area contributed by atoms with Crippen LogP contribution in [0.5, 0.6) is 0 Å². The van der Waals surface area contributed by atoms with Crippen LogP contribution < -0.4 is 11.1 Å². The molecule has 0 spiro atoms. The van der Waals surface area contributed by atoms with Gasteiger partial charge in [0.05, 0.1) is 0 Å². The summed E-state index contributed by atoms with van der Waals surface area (Å²) in [5, 5.41) is 23.3. The van der Waals surface area contributed by atoms with Gasteiger partial charge in [-0.1, -0.05) is 0 Å². The maximum atomic E-state index is 12.3. The summed E-state index contributed by atoms with van der Waals surface area (Å²) in [6.45, 7) is 1.65. The van der Waals surface area contributed by atoms with Gasteiger partial charge in [-0.25, -0.2) is 0 Å². The number of nitrogen functional groups attached to an aromatic ring is 1. The zero-order valence-corrected chi connectivity index (χ0v) is 15.3. The third-order valence-corrected chi connectivity index (χ3v) is 6.57. The van der Waals surface area contributed by atoms with Crippen molar-refractivity contribution in [2.45, 2.75) is 18.3 Å². The third-order valence-electron chi connectivity index (χ3n) is 3.73. The molecule has 1 aromatic rings. The number of nitrogens with one attached hydrogen (secondary N) is 1. The van der Waals surface area contributed by atoms with Crippen molar-refractivity contribution in [3.63, 3.8) is 0 Å². The number of thioether (sulfide) groups is 1. The van der Waals surface area contributed by atoms with E-state index in [2.05, 4.69) is 15.5 Å². The summed E-state index contributed by atoms with van der Waals surface area (Å²) in [7, 11) is 0. The molecule has 2 aliphatic heterocycles. The number of oxime groups is 1. The molecule has 0 radical (unpaired) electrons. The Balaban J connectivity index is 0.00000243. The summed E-state index contributed by atoms with van der Waals surface area (Å²) in [6.07, 6.45) is 0. The van der Waals surface area contributed by atoms with Crippen LogP contribution in [0.3, 0.4) is 0 Å². The van der Waals surface area contributed by atoms with Crippen LogP contribution in [0.1, 0.15) is 12.6 Å². The molecule has 2 aliphatic rings. The second-order valence-corrected chi connectivity index (χ2v) is 8.29. The predicted molar refractivity (Wildman–Crippen MR) is 96.4 cm³/mol. The van der Waals surface area contributed by atoms with Crippen LogP contribution >= 0.6 is 11.8 Å². The molecule has 3 rings (SSSR count). The standard InChI is InChI=1S/C13H13N5O5SSe.Na.H/c1-4-2-24-11-7(10(20)18(11)8(4)12(21)22)16-9(19)6(17-23)5-3-25-13(14)15-5;;/h3,7,11,23H,2H2,1H3,(H2,14,15)(H,16,19)(H,21,22);;/b17-6-;;/t7-,11-;;/m1../s1. The minimum absolute atomic E-state index is 0. The van der Waals surface area contributed by atoms with Crippen molar-refractivity contribution >= 4 is 84.0 Å². The molecule has 2 atom stereocenters. The summed E-state index contributed by atoms with van der Waals surface area (Å²) in [4.78, 5) is 42.7. The zero-order chi connectivity index (χ0) is 18.3. The van der Waals surface area contributed by atoms with Crippen LogP contribution in [0.4, 0.5) is 4.69 Å². The van der Waals surface area contributed by atoms with Gasteiger partial charge in [0.2, 0.25) is 0 Å². The second-order valence-electron chi connectivity index (χ2n) is 5.31. The number of hydrogen-bond acceptors (Lipinski definition) is 8. The Morgan fingerprint density at radius 2 is 2.23 bits per heavy atom. The molecule has 10 nitrogen and oxygen atoms in total. The Labute approximate surface area is 179 Å². The number of carboxylic acid groups (broad SMARTS) is 1. The molecular weight excluding hydrogens is 440 g/mol. The molecule has 1 saturated heterocycles. The fraction of sp³-hybridized carbons (Fsp3) is 0.308. The summed E-state index contributed by atoms with van der Waals surface area (Å²) < 4.78 is 0.344. The Hall–Kier alpha value is -1.30. The monoisotopic (exact) mass is 455 g/mol. The number of nitrogens with two attached hydrogens (primary N) is 1. The van der Waals surface area contributed by atoms with Gasteiger partial charge in [-0.15, -0.1) is 0 Å². The number of aliphatic carboxylic acids is 1. The Bertz CT molecular complexity index is 841. The molecular formula is C13H14N5NaO5SSe. The summed E-state index contributed by atoms with van der Waals surface area (Å²) >= 11 is 1.14. The van der Waals surface area contributed by atoms with Gasteiger partial charge in [-0.05, 0) is 0 Å². The van der Waals surface area contributed by atoms with E-state index in [0.29, 0.717) is 16.0 Å². The number of carbonyl (C=O) groups excluding carboxylic acids is 2. The van der Waals surface area contributed by atoms with Crippen LogP contribution in [-0.4, -0.2) is 105 Å². The van der Waals surface area contributed by atoms with Crippen molar-refractivity contribution in [1.82, 2.24) is 15.2 Å². The number of carbonyl (C=O) groups is 3. The van der Waals surface area contributed by atoms with Crippen molar-refractivity contribution in [2.24, 2.45) is 5.16 Å². The Morgan fingerprint density at radius 1 is 1.54 bits per heavy atom. The van der Waals surface area contributed by atoms with Crippen molar-refractivity contribution in [2.75, 3.05) is 11.5 Å². The first-order valence-electron chi connectivity index (χ1n) is 6.97. The molecule has 3 heterocycles. The molecule has 26 heavy (non-hydrogen) atoms. The number of nitrogens with zero attached hydrogens (tertiary/aromatic N) is 3. The van der Waals surface area contributed by atoms with Gasteiger partial charge < -0.3 is 0 Å². The van der Waals surface area contributed by atoms with E-state index in [9.17, 15) is 19.5 Å². The van der Waals surface area contributed by atoms with Crippen LogP contribution in [0.15, 0.2) is 21.4 Å². The first kappa shape index (κ1) is 21.0. The van der Waals surface area contributed by atoms with E-state index >= 15 is 0 Å². The first-order chi connectivity index (χ1) is 11.8.